The van der Waals surface area contributed by atoms with Crippen LogP contribution in [0.2, 0.25) is 0 Å². The number of aromatic nitrogens is 5. The summed E-state index contributed by atoms with van der Waals surface area (Å²) in [6.45, 7) is 0. The Morgan fingerprint density at radius 3 is 2.72 bits per heavy atom. The Hall–Kier alpha value is -2.91. The van der Waals surface area contributed by atoms with Crippen LogP contribution in [0.3, 0.4) is 0 Å². The van der Waals surface area contributed by atoms with Crippen LogP contribution in [0.25, 0.3) is 16.9 Å². The molecule has 0 bridgehead atoms. The Balaban J connectivity index is 1.90. The van der Waals surface area contributed by atoms with E-state index in [4.69, 9.17) is 4.74 Å². The van der Waals surface area contributed by atoms with Crippen LogP contribution in [0.15, 0.2) is 24.7 Å². The summed E-state index contributed by atoms with van der Waals surface area (Å²) in [6, 6.07) is 3.35. The average molecular weight is 350 g/mol. The van der Waals surface area contributed by atoms with E-state index < -0.39 is 12.0 Å². The first kappa shape index (κ1) is 15.6. The number of pyridine rings is 1. The van der Waals surface area contributed by atoms with Crippen LogP contribution in [-0.4, -0.2) is 37.7 Å². The molecule has 0 radical (unpaired) electrons. The molecule has 25 heavy (non-hydrogen) atoms. The van der Waals surface area contributed by atoms with Gasteiger partial charge in [0.1, 0.15) is 6.33 Å². The molecule has 3 aromatic heterocycles. The summed E-state index contributed by atoms with van der Waals surface area (Å²) in [6.07, 6.45) is 0.0466. The maximum absolute atomic E-state index is 13.2. The first-order valence-electron chi connectivity index (χ1n) is 7.55. The third-order valence-electron chi connectivity index (χ3n) is 3.77. The zero-order valence-corrected chi connectivity index (χ0v) is 13.1. The molecule has 0 spiro atoms. The van der Waals surface area contributed by atoms with Crippen molar-refractivity contribution in [1.29, 1.82) is 0 Å². The van der Waals surface area contributed by atoms with Crippen LogP contribution >= 0.6 is 0 Å². The number of nitrogens with one attached hydrogen (secondary N) is 1. The van der Waals surface area contributed by atoms with Crippen LogP contribution in [0.4, 0.5) is 19.0 Å². The maximum atomic E-state index is 13.2. The lowest BCUT2D eigenvalue weighted by Gasteiger charge is -2.11. The third kappa shape index (κ3) is 2.94. The molecule has 1 aliphatic rings. The van der Waals surface area contributed by atoms with E-state index in [-0.39, 0.29) is 23.0 Å². The van der Waals surface area contributed by atoms with E-state index in [1.165, 1.54) is 24.2 Å². The number of hydrogen-bond acceptors (Lipinski definition) is 6. The fourth-order valence-corrected chi connectivity index (χ4v) is 2.40. The first-order valence-corrected chi connectivity index (χ1v) is 7.55. The molecular formula is C15H13F3N6O. The van der Waals surface area contributed by atoms with Gasteiger partial charge in [-0.05, 0) is 18.9 Å². The normalized spacial score (nSPS) is 14.7. The Morgan fingerprint density at radius 1 is 1.24 bits per heavy atom. The molecule has 0 aliphatic heterocycles. The van der Waals surface area contributed by atoms with Crippen LogP contribution in [-0.2, 0) is 6.18 Å². The van der Waals surface area contributed by atoms with Gasteiger partial charge < -0.3 is 10.1 Å². The molecule has 130 valence electrons. The van der Waals surface area contributed by atoms with Crippen molar-refractivity contribution >= 4 is 17.0 Å². The minimum Gasteiger partial charge on any atom is -0.481 e. The standard InChI is InChI=1S/C15H13F3N6O/c1-25-10-6-9(4-5-19-10)24-7-20-11-12(21-8-2-3-8)22-14(15(16,17)18)23-13(11)24/h4-8H,2-3H2,1H3,(H,21,22,23). The van der Waals surface area contributed by atoms with E-state index in [9.17, 15) is 13.2 Å². The Morgan fingerprint density at radius 2 is 2.04 bits per heavy atom. The molecule has 4 rings (SSSR count). The molecule has 7 nitrogen and oxygen atoms in total. The second-order valence-electron chi connectivity index (χ2n) is 5.66. The van der Waals surface area contributed by atoms with Gasteiger partial charge in [0.2, 0.25) is 11.7 Å². The second kappa shape index (κ2) is 5.57. The number of nitrogens with zero attached hydrogens (tertiary/aromatic N) is 5. The number of imidazole rings is 1. The van der Waals surface area contributed by atoms with Crippen molar-refractivity contribution in [2.24, 2.45) is 0 Å². The molecule has 0 saturated heterocycles. The fraction of sp³-hybridized carbons (Fsp3) is 0.333. The number of anilines is 1. The van der Waals surface area contributed by atoms with Crippen LogP contribution in [0.1, 0.15) is 18.7 Å². The highest BCUT2D eigenvalue weighted by molar-refractivity contribution is 5.84. The molecule has 3 aromatic rings. The van der Waals surface area contributed by atoms with Crippen LogP contribution in [0.5, 0.6) is 5.88 Å². The number of hydrogen-bond donors (Lipinski definition) is 1. The zero-order chi connectivity index (χ0) is 17.6. The van der Waals surface area contributed by atoms with Gasteiger partial charge in [-0.15, -0.1) is 0 Å². The summed E-state index contributed by atoms with van der Waals surface area (Å²) in [5, 5.41) is 2.99. The predicted octanol–water partition coefficient (Wildman–Crippen LogP) is 2.81. The largest absolute Gasteiger partial charge is 0.481 e. The Bertz CT molecular complexity index is 935. The van der Waals surface area contributed by atoms with Crippen molar-refractivity contribution in [2.75, 3.05) is 12.4 Å². The molecule has 0 aromatic carbocycles. The highest BCUT2D eigenvalue weighted by Gasteiger charge is 2.37. The Kier molecular flexibility index (Phi) is 3.48. The van der Waals surface area contributed by atoms with Gasteiger partial charge in [-0.1, -0.05) is 0 Å². The highest BCUT2D eigenvalue weighted by Crippen LogP contribution is 2.33. The van der Waals surface area contributed by atoms with E-state index in [2.05, 4.69) is 25.3 Å². The fourth-order valence-electron chi connectivity index (χ4n) is 2.40. The maximum Gasteiger partial charge on any atom is 0.451 e. The lowest BCUT2D eigenvalue weighted by molar-refractivity contribution is -0.144. The van der Waals surface area contributed by atoms with Crippen molar-refractivity contribution in [3.8, 4) is 11.6 Å². The predicted molar refractivity (Wildman–Crippen MR) is 82.7 cm³/mol. The molecular weight excluding hydrogens is 337 g/mol. The highest BCUT2D eigenvalue weighted by atomic mass is 19.4. The summed E-state index contributed by atoms with van der Waals surface area (Å²) >= 11 is 0. The van der Waals surface area contributed by atoms with Crippen molar-refractivity contribution in [3.63, 3.8) is 0 Å². The van der Waals surface area contributed by atoms with Crippen molar-refractivity contribution < 1.29 is 17.9 Å². The molecule has 0 unspecified atom stereocenters. The molecule has 0 amide bonds. The Labute approximate surface area is 139 Å². The second-order valence-corrected chi connectivity index (χ2v) is 5.66. The van der Waals surface area contributed by atoms with Crippen LogP contribution in [0, 0.1) is 0 Å². The lowest BCUT2D eigenvalue weighted by atomic mass is 10.3. The number of fused-ring (bicyclic) bond motifs is 1. The SMILES string of the molecule is COc1cc(-n2cnc3c(NC4CC4)nc(C(F)(F)F)nc32)ccn1. The van der Waals surface area contributed by atoms with Gasteiger partial charge in [0.25, 0.3) is 0 Å². The van der Waals surface area contributed by atoms with Gasteiger partial charge in [-0.3, -0.25) is 4.57 Å². The summed E-state index contributed by atoms with van der Waals surface area (Å²) in [4.78, 5) is 15.5. The molecule has 0 atom stereocenters. The van der Waals surface area contributed by atoms with Crippen molar-refractivity contribution in [1.82, 2.24) is 24.5 Å². The molecule has 1 N–H and O–H groups in total. The number of halogens is 3. The van der Waals surface area contributed by atoms with Gasteiger partial charge in [0.15, 0.2) is 17.0 Å². The molecule has 1 saturated carbocycles. The van der Waals surface area contributed by atoms with E-state index in [1.807, 2.05) is 0 Å². The zero-order valence-electron chi connectivity index (χ0n) is 13.1. The summed E-state index contributed by atoms with van der Waals surface area (Å²) in [5.74, 6) is -0.772. The first-order chi connectivity index (χ1) is 12.0. The van der Waals surface area contributed by atoms with Gasteiger partial charge in [0.05, 0.1) is 12.8 Å². The van der Waals surface area contributed by atoms with Crippen molar-refractivity contribution in [2.45, 2.75) is 25.1 Å². The number of rotatable bonds is 4. The average Bonchev–Trinajstić information content (AvgIpc) is 3.29. The monoisotopic (exact) mass is 350 g/mol. The summed E-state index contributed by atoms with van der Waals surface area (Å²) in [5.41, 5.74) is 0.896. The quantitative estimate of drug-likeness (QED) is 0.780. The van der Waals surface area contributed by atoms with Crippen molar-refractivity contribution in [3.05, 3.63) is 30.5 Å². The summed E-state index contributed by atoms with van der Waals surface area (Å²) < 4.78 is 46.1. The number of alkyl halides is 3. The smallest absolute Gasteiger partial charge is 0.451 e. The minimum atomic E-state index is -4.65. The minimum absolute atomic E-state index is 0.0683. The topological polar surface area (TPSA) is 77.8 Å². The van der Waals surface area contributed by atoms with Gasteiger partial charge >= 0.3 is 6.18 Å². The third-order valence-corrected chi connectivity index (χ3v) is 3.77. The summed E-state index contributed by atoms with van der Waals surface area (Å²) in [7, 11) is 1.46. The number of methoxy groups -OCH3 is 1. The van der Waals surface area contributed by atoms with Crippen LogP contribution < -0.4 is 10.1 Å². The van der Waals surface area contributed by atoms with E-state index in [1.54, 1.807) is 12.1 Å². The molecule has 3 heterocycles. The molecule has 1 aliphatic carbocycles. The molecule has 1 fully saturated rings. The number of ether oxygens (including phenoxy) is 1. The van der Waals surface area contributed by atoms with Gasteiger partial charge in [-0.2, -0.15) is 13.2 Å². The van der Waals surface area contributed by atoms with E-state index >= 15 is 0 Å². The van der Waals surface area contributed by atoms with Gasteiger partial charge in [-0.25, -0.2) is 19.9 Å². The van der Waals surface area contributed by atoms with E-state index in [0.29, 0.717) is 11.6 Å². The van der Waals surface area contributed by atoms with E-state index in [0.717, 1.165) is 12.8 Å². The molecule has 10 heteroatoms. The lowest BCUT2D eigenvalue weighted by Crippen LogP contribution is -2.15. The van der Waals surface area contributed by atoms with Gasteiger partial charge in [0, 0.05) is 18.3 Å².